The Morgan fingerprint density at radius 3 is 2.87 bits per heavy atom. The third-order valence-electron chi connectivity index (χ3n) is 2.58. The second kappa shape index (κ2) is 4.09. The normalized spacial score (nSPS) is 12.3. The number of carbonyl (C=O) groups is 1. The van der Waals surface area contributed by atoms with Gasteiger partial charge in [0.25, 0.3) is 0 Å². The van der Waals surface area contributed by atoms with E-state index < -0.39 is 0 Å². The highest BCUT2D eigenvalue weighted by Gasteiger charge is 2.12. The number of rotatable bonds is 3. The lowest BCUT2D eigenvalue weighted by Crippen LogP contribution is -2.00. The summed E-state index contributed by atoms with van der Waals surface area (Å²) in [5, 5.41) is 0. The molecule has 0 spiro atoms. The first kappa shape index (κ1) is 9.65. The Morgan fingerprint density at radius 1 is 1.40 bits per heavy atom. The first-order valence-electron chi connectivity index (χ1n) is 4.85. The van der Waals surface area contributed by atoms with Crippen LogP contribution in [0.4, 0.5) is 0 Å². The average Bonchev–Trinajstić information content (AvgIpc) is 2.81. The zero-order valence-electron chi connectivity index (χ0n) is 8.47. The van der Waals surface area contributed by atoms with Crippen molar-refractivity contribution < 1.29 is 4.79 Å². The molecule has 0 saturated heterocycles. The highest BCUT2D eigenvalue weighted by atomic mass is 16.1. The van der Waals surface area contributed by atoms with Gasteiger partial charge in [-0.15, -0.1) is 0 Å². The molecule has 0 saturated carbocycles. The smallest absolute Gasteiger partial charge is 0.150 e. The van der Waals surface area contributed by atoms with Crippen molar-refractivity contribution >= 4 is 6.29 Å². The second-order valence-corrected chi connectivity index (χ2v) is 3.48. The van der Waals surface area contributed by atoms with Crippen LogP contribution in [0.15, 0.2) is 36.8 Å². The molecule has 0 aliphatic carbocycles. The van der Waals surface area contributed by atoms with Gasteiger partial charge in [0.1, 0.15) is 6.29 Å². The summed E-state index contributed by atoms with van der Waals surface area (Å²) in [5.41, 5.74) is 2.78. The number of hydrogen-bond donors (Lipinski definition) is 1. The Balaban J connectivity index is 2.41. The van der Waals surface area contributed by atoms with Gasteiger partial charge in [0, 0.05) is 23.4 Å². The maximum Gasteiger partial charge on any atom is 0.150 e. The van der Waals surface area contributed by atoms with Gasteiger partial charge in [-0.1, -0.05) is 31.2 Å². The van der Waals surface area contributed by atoms with Crippen molar-refractivity contribution in [1.29, 1.82) is 0 Å². The summed E-state index contributed by atoms with van der Waals surface area (Å²) in [7, 11) is 0. The number of nitrogens with zero attached hydrogens (tertiary/aromatic N) is 1. The molecule has 0 fully saturated rings. The Hall–Kier alpha value is -1.90. The molecule has 0 aliphatic heterocycles. The predicted molar refractivity (Wildman–Crippen MR) is 57.9 cm³/mol. The van der Waals surface area contributed by atoms with Crippen LogP contribution in [-0.4, -0.2) is 16.3 Å². The molecule has 2 aromatic rings. The fourth-order valence-electron chi connectivity index (χ4n) is 1.68. The Bertz CT molecular complexity index is 448. The van der Waals surface area contributed by atoms with Crippen molar-refractivity contribution in [1.82, 2.24) is 9.97 Å². The summed E-state index contributed by atoms with van der Waals surface area (Å²) in [6.07, 6.45) is 4.32. The van der Waals surface area contributed by atoms with Crippen LogP contribution in [0.25, 0.3) is 0 Å². The van der Waals surface area contributed by atoms with Crippen LogP contribution < -0.4 is 0 Å². The minimum Gasteiger partial charge on any atom is -0.348 e. The lowest BCUT2D eigenvalue weighted by atomic mass is 9.94. The summed E-state index contributed by atoms with van der Waals surface area (Å²) in [6.45, 7) is 2.05. The number of aldehydes is 1. The molecule has 0 bridgehead atoms. The topological polar surface area (TPSA) is 45.8 Å². The number of imidazole rings is 1. The van der Waals surface area contributed by atoms with Gasteiger partial charge in [0.05, 0.1) is 6.33 Å². The van der Waals surface area contributed by atoms with Gasteiger partial charge >= 0.3 is 0 Å². The largest absolute Gasteiger partial charge is 0.348 e. The summed E-state index contributed by atoms with van der Waals surface area (Å²) < 4.78 is 0. The molecule has 1 aromatic carbocycles. The van der Waals surface area contributed by atoms with Crippen LogP contribution in [0.1, 0.15) is 34.5 Å². The zero-order chi connectivity index (χ0) is 10.7. The van der Waals surface area contributed by atoms with E-state index in [9.17, 15) is 4.79 Å². The molecule has 0 unspecified atom stereocenters. The van der Waals surface area contributed by atoms with Gasteiger partial charge in [-0.05, 0) is 5.56 Å². The molecule has 3 nitrogen and oxygen atoms in total. The van der Waals surface area contributed by atoms with E-state index in [1.165, 1.54) is 0 Å². The molecule has 0 amide bonds. The molecule has 1 N–H and O–H groups in total. The Kier molecular flexibility index (Phi) is 2.63. The molecule has 1 aromatic heterocycles. The number of H-pyrrole nitrogens is 1. The highest BCUT2D eigenvalue weighted by molar-refractivity contribution is 5.77. The van der Waals surface area contributed by atoms with E-state index in [4.69, 9.17) is 0 Å². The number of nitrogens with one attached hydrogen (secondary N) is 1. The van der Waals surface area contributed by atoms with Crippen LogP contribution in [0.2, 0.25) is 0 Å². The fourth-order valence-corrected chi connectivity index (χ4v) is 1.68. The summed E-state index contributed by atoms with van der Waals surface area (Å²) in [5.74, 6) is 0.161. The molecule has 0 radical (unpaired) electrons. The monoisotopic (exact) mass is 200 g/mol. The van der Waals surface area contributed by atoms with E-state index in [1.54, 1.807) is 12.5 Å². The van der Waals surface area contributed by atoms with Crippen molar-refractivity contribution in [3.05, 3.63) is 53.6 Å². The SMILES string of the molecule is C[C@@H](c1cnc[nH]1)c1ccccc1C=O. The first-order valence-corrected chi connectivity index (χ1v) is 4.85. The summed E-state index contributed by atoms with van der Waals surface area (Å²) in [6, 6.07) is 7.60. The van der Waals surface area contributed by atoms with Gasteiger partial charge in [-0.3, -0.25) is 4.79 Å². The molecule has 3 heteroatoms. The number of aromatic nitrogens is 2. The maximum atomic E-state index is 10.9. The average molecular weight is 200 g/mol. The lowest BCUT2D eigenvalue weighted by Gasteiger charge is -2.11. The number of aromatic amines is 1. The molecule has 1 atom stereocenters. The van der Waals surface area contributed by atoms with E-state index in [1.807, 2.05) is 24.3 Å². The van der Waals surface area contributed by atoms with Crippen molar-refractivity contribution in [3.8, 4) is 0 Å². The fraction of sp³-hybridized carbons (Fsp3) is 0.167. The summed E-state index contributed by atoms with van der Waals surface area (Å²) in [4.78, 5) is 17.9. The third-order valence-corrected chi connectivity index (χ3v) is 2.58. The first-order chi connectivity index (χ1) is 7.33. The third kappa shape index (κ3) is 1.81. The molecular formula is C12H12N2O. The molecular weight excluding hydrogens is 188 g/mol. The quantitative estimate of drug-likeness (QED) is 0.773. The van der Waals surface area contributed by atoms with Crippen molar-refractivity contribution in [2.45, 2.75) is 12.8 Å². The van der Waals surface area contributed by atoms with Crippen LogP contribution in [-0.2, 0) is 0 Å². The molecule has 2 rings (SSSR count). The number of hydrogen-bond acceptors (Lipinski definition) is 2. The van der Waals surface area contributed by atoms with Crippen molar-refractivity contribution in [2.75, 3.05) is 0 Å². The minimum absolute atomic E-state index is 0.161. The molecule has 0 aliphatic rings. The van der Waals surface area contributed by atoms with E-state index in [-0.39, 0.29) is 5.92 Å². The van der Waals surface area contributed by atoms with Gasteiger partial charge in [-0.25, -0.2) is 4.98 Å². The number of benzene rings is 1. The predicted octanol–water partition coefficient (Wildman–Crippen LogP) is 2.37. The number of carbonyl (C=O) groups excluding carboxylic acids is 1. The van der Waals surface area contributed by atoms with E-state index in [2.05, 4.69) is 16.9 Å². The molecule has 15 heavy (non-hydrogen) atoms. The van der Waals surface area contributed by atoms with Gasteiger partial charge in [-0.2, -0.15) is 0 Å². The zero-order valence-corrected chi connectivity index (χ0v) is 8.47. The van der Waals surface area contributed by atoms with Crippen LogP contribution in [0.3, 0.4) is 0 Å². The lowest BCUT2D eigenvalue weighted by molar-refractivity contribution is 0.112. The standard InChI is InChI=1S/C12H12N2O/c1-9(12-6-13-8-14-12)11-5-3-2-4-10(11)7-15/h2-9H,1H3,(H,13,14)/t9-/m1/s1. The van der Waals surface area contributed by atoms with E-state index in [0.717, 1.165) is 23.1 Å². The van der Waals surface area contributed by atoms with Gasteiger partial charge < -0.3 is 4.98 Å². The van der Waals surface area contributed by atoms with Gasteiger partial charge in [0.2, 0.25) is 0 Å². The van der Waals surface area contributed by atoms with Gasteiger partial charge in [0.15, 0.2) is 0 Å². The van der Waals surface area contributed by atoms with E-state index in [0.29, 0.717) is 0 Å². The Morgan fingerprint density at radius 2 is 2.20 bits per heavy atom. The van der Waals surface area contributed by atoms with Crippen molar-refractivity contribution in [3.63, 3.8) is 0 Å². The van der Waals surface area contributed by atoms with Crippen LogP contribution in [0, 0.1) is 0 Å². The second-order valence-electron chi connectivity index (χ2n) is 3.48. The summed E-state index contributed by atoms with van der Waals surface area (Å²) >= 11 is 0. The van der Waals surface area contributed by atoms with E-state index >= 15 is 0 Å². The van der Waals surface area contributed by atoms with Crippen LogP contribution in [0.5, 0.6) is 0 Å². The van der Waals surface area contributed by atoms with Crippen molar-refractivity contribution in [2.24, 2.45) is 0 Å². The molecule has 76 valence electrons. The Labute approximate surface area is 88.2 Å². The maximum absolute atomic E-state index is 10.9. The minimum atomic E-state index is 0.161. The molecule has 1 heterocycles. The highest BCUT2D eigenvalue weighted by Crippen LogP contribution is 2.24. The van der Waals surface area contributed by atoms with Crippen LogP contribution >= 0.6 is 0 Å².